The van der Waals surface area contributed by atoms with Gasteiger partial charge in [0, 0.05) is 31.1 Å². The summed E-state index contributed by atoms with van der Waals surface area (Å²) in [4.78, 5) is 6.92. The van der Waals surface area contributed by atoms with Crippen LogP contribution in [0.25, 0.3) is 0 Å². The molecule has 1 aliphatic heterocycles. The number of likely N-dealkylation sites (tertiary alicyclic amines) is 1. The first-order valence-corrected chi connectivity index (χ1v) is 8.27. The molecule has 6 nitrogen and oxygen atoms in total. The third-order valence-corrected chi connectivity index (χ3v) is 5.09. The Morgan fingerprint density at radius 2 is 2.14 bits per heavy atom. The van der Waals surface area contributed by atoms with Crippen molar-refractivity contribution in [3.63, 3.8) is 0 Å². The van der Waals surface area contributed by atoms with Crippen LogP contribution in [0, 0.1) is 0 Å². The molecule has 1 aromatic rings. The topological polar surface area (TPSA) is 74.4 Å². The summed E-state index contributed by atoms with van der Waals surface area (Å²) in [7, 11) is 0. The second kappa shape index (κ2) is 5.66. The van der Waals surface area contributed by atoms with E-state index < -0.39 is 0 Å². The quantitative estimate of drug-likeness (QED) is 0.844. The van der Waals surface area contributed by atoms with E-state index in [1.807, 2.05) is 0 Å². The number of nitrogens with zero attached hydrogens (tertiary/aromatic N) is 3. The monoisotopic (exact) mass is 292 g/mol. The van der Waals surface area contributed by atoms with Gasteiger partial charge in [0.15, 0.2) is 5.82 Å². The van der Waals surface area contributed by atoms with Gasteiger partial charge in [-0.05, 0) is 32.1 Å². The summed E-state index contributed by atoms with van der Waals surface area (Å²) in [5, 5.41) is 17.4. The molecule has 0 radical (unpaired) electrons. The molecule has 2 heterocycles. The molecule has 1 unspecified atom stereocenters. The SMILES string of the molecule is OC1CCN([C@H]2CCC[C@H]2NCc2nc(C3CC3)no2)C1. The van der Waals surface area contributed by atoms with Gasteiger partial charge in [0.25, 0.3) is 0 Å². The number of aromatic nitrogens is 2. The van der Waals surface area contributed by atoms with Crippen molar-refractivity contribution in [3.8, 4) is 0 Å². The molecule has 1 saturated heterocycles. The van der Waals surface area contributed by atoms with Crippen molar-refractivity contribution < 1.29 is 9.63 Å². The van der Waals surface area contributed by atoms with Crippen LogP contribution >= 0.6 is 0 Å². The lowest BCUT2D eigenvalue weighted by molar-refractivity contribution is 0.149. The van der Waals surface area contributed by atoms with Gasteiger partial charge in [0.2, 0.25) is 5.89 Å². The number of aliphatic hydroxyl groups is 1. The molecule has 21 heavy (non-hydrogen) atoms. The maximum absolute atomic E-state index is 9.72. The van der Waals surface area contributed by atoms with E-state index in [0.717, 1.165) is 25.3 Å². The van der Waals surface area contributed by atoms with E-state index in [-0.39, 0.29) is 6.10 Å². The number of hydrogen-bond acceptors (Lipinski definition) is 6. The molecule has 3 fully saturated rings. The van der Waals surface area contributed by atoms with Crippen molar-refractivity contribution >= 4 is 0 Å². The molecule has 3 aliphatic rings. The Labute approximate surface area is 124 Å². The largest absolute Gasteiger partial charge is 0.392 e. The van der Waals surface area contributed by atoms with Crippen molar-refractivity contribution in [3.05, 3.63) is 11.7 Å². The minimum Gasteiger partial charge on any atom is -0.392 e. The van der Waals surface area contributed by atoms with Gasteiger partial charge in [-0.2, -0.15) is 4.98 Å². The summed E-state index contributed by atoms with van der Waals surface area (Å²) in [5.41, 5.74) is 0. The highest BCUT2D eigenvalue weighted by Crippen LogP contribution is 2.38. The molecule has 0 spiro atoms. The van der Waals surface area contributed by atoms with Gasteiger partial charge in [0.1, 0.15) is 0 Å². The van der Waals surface area contributed by atoms with Gasteiger partial charge in [-0.25, -0.2) is 0 Å². The van der Waals surface area contributed by atoms with Crippen LogP contribution in [0.3, 0.4) is 0 Å². The Hall–Kier alpha value is -0.980. The number of rotatable bonds is 5. The van der Waals surface area contributed by atoms with E-state index >= 15 is 0 Å². The summed E-state index contributed by atoms with van der Waals surface area (Å²) in [6.07, 6.45) is 6.86. The Bertz CT molecular complexity index is 488. The van der Waals surface area contributed by atoms with E-state index in [4.69, 9.17) is 4.52 Å². The first-order chi connectivity index (χ1) is 10.3. The standard InChI is InChI=1S/C15H24N4O2/c20-11-6-7-19(9-11)13-3-1-2-12(13)16-8-14-17-15(18-21-14)10-4-5-10/h10-13,16,20H,1-9H2/t11?,12-,13+/m1/s1. The van der Waals surface area contributed by atoms with Crippen LogP contribution in [0.5, 0.6) is 0 Å². The molecule has 1 aromatic heterocycles. The zero-order valence-corrected chi connectivity index (χ0v) is 12.4. The van der Waals surface area contributed by atoms with Crippen LogP contribution in [-0.4, -0.2) is 51.4 Å². The van der Waals surface area contributed by atoms with Crippen LogP contribution in [0.15, 0.2) is 4.52 Å². The lowest BCUT2D eigenvalue weighted by Crippen LogP contribution is -2.46. The number of nitrogens with one attached hydrogen (secondary N) is 1. The van der Waals surface area contributed by atoms with E-state index in [2.05, 4.69) is 20.4 Å². The van der Waals surface area contributed by atoms with Gasteiger partial charge in [-0.15, -0.1) is 0 Å². The second-order valence-electron chi connectivity index (χ2n) is 6.74. The Kier molecular flexibility index (Phi) is 3.69. The maximum Gasteiger partial charge on any atom is 0.240 e. The number of hydrogen-bond donors (Lipinski definition) is 2. The second-order valence-corrected chi connectivity index (χ2v) is 6.74. The van der Waals surface area contributed by atoms with Crippen molar-refractivity contribution in [2.75, 3.05) is 13.1 Å². The van der Waals surface area contributed by atoms with Crippen LogP contribution in [0.2, 0.25) is 0 Å². The predicted molar refractivity (Wildman–Crippen MR) is 76.7 cm³/mol. The summed E-state index contributed by atoms with van der Waals surface area (Å²) >= 11 is 0. The summed E-state index contributed by atoms with van der Waals surface area (Å²) < 4.78 is 5.33. The first-order valence-electron chi connectivity index (χ1n) is 8.27. The highest BCUT2D eigenvalue weighted by molar-refractivity contribution is 5.03. The maximum atomic E-state index is 9.72. The molecule has 6 heteroatoms. The molecule has 2 saturated carbocycles. The van der Waals surface area contributed by atoms with Gasteiger partial charge in [-0.3, -0.25) is 4.90 Å². The van der Waals surface area contributed by atoms with Crippen LogP contribution in [0.1, 0.15) is 56.2 Å². The Morgan fingerprint density at radius 1 is 1.24 bits per heavy atom. The fourth-order valence-corrected chi connectivity index (χ4v) is 3.75. The molecular formula is C15H24N4O2. The summed E-state index contributed by atoms with van der Waals surface area (Å²) in [6, 6.07) is 1.03. The molecule has 2 aliphatic carbocycles. The highest BCUT2D eigenvalue weighted by Gasteiger charge is 2.35. The molecule has 0 aromatic carbocycles. The van der Waals surface area contributed by atoms with E-state index in [1.165, 1.54) is 32.1 Å². The molecule has 0 bridgehead atoms. The van der Waals surface area contributed by atoms with E-state index in [0.29, 0.717) is 30.4 Å². The molecule has 4 rings (SSSR count). The third-order valence-electron chi connectivity index (χ3n) is 5.09. The predicted octanol–water partition coefficient (Wildman–Crippen LogP) is 1.02. The normalized spacial score (nSPS) is 33.9. The number of β-amino-alcohol motifs (C(OH)–C–C–N with tert-alkyl or cyclic N) is 1. The highest BCUT2D eigenvalue weighted by atomic mass is 16.5. The average Bonchev–Trinajstić information content (AvgIpc) is 2.91. The molecular weight excluding hydrogens is 268 g/mol. The molecule has 0 amide bonds. The average molecular weight is 292 g/mol. The third kappa shape index (κ3) is 2.98. The minimum absolute atomic E-state index is 0.136. The van der Waals surface area contributed by atoms with Gasteiger partial charge >= 0.3 is 0 Å². The van der Waals surface area contributed by atoms with Crippen molar-refractivity contribution in [2.45, 2.75) is 69.2 Å². The molecule has 3 atom stereocenters. The van der Waals surface area contributed by atoms with Gasteiger partial charge in [0.05, 0.1) is 12.6 Å². The minimum atomic E-state index is -0.136. The molecule has 116 valence electrons. The fraction of sp³-hybridized carbons (Fsp3) is 0.867. The molecule has 2 N–H and O–H groups in total. The summed E-state index contributed by atoms with van der Waals surface area (Å²) in [6.45, 7) is 2.52. The van der Waals surface area contributed by atoms with Crippen LogP contribution in [-0.2, 0) is 6.54 Å². The van der Waals surface area contributed by atoms with Crippen molar-refractivity contribution in [1.29, 1.82) is 0 Å². The van der Waals surface area contributed by atoms with Crippen LogP contribution in [0.4, 0.5) is 0 Å². The lowest BCUT2D eigenvalue weighted by atomic mass is 10.1. The lowest BCUT2D eigenvalue weighted by Gasteiger charge is -2.29. The van der Waals surface area contributed by atoms with Crippen molar-refractivity contribution in [1.82, 2.24) is 20.4 Å². The van der Waals surface area contributed by atoms with Gasteiger partial charge in [-0.1, -0.05) is 11.6 Å². The smallest absolute Gasteiger partial charge is 0.240 e. The van der Waals surface area contributed by atoms with Crippen LogP contribution < -0.4 is 5.32 Å². The zero-order valence-electron chi connectivity index (χ0n) is 12.4. The zero-order chi connectivity index (χ0) is 14.2. The fourth-order valence-electron chi connectivity index (χ4n) is 3.75. The van der Waals surface area contributed by atoms with E-state index in [9.17, 15) is 5.11 Å². The summed E-state index contributed by atoms with van der Waals surface area (Å²) in [5.74, 6) is 2.15. The van der Waals surface area contributed by atoms with Crippen molar-refractivity contribution in [2.24, 2.45) is 0 Å². The van der Waals surface area contributed by atoms with E-state index in [1.54, 1.807) is 0 Å². The Balaban J connectivity index is 1.32. The Morgan fingerprint density at radius 3 is 2.90 bits per heavy atom. The van der Waals surface area contributed by atoms with Gasteiger partial charge < -0.3 is 14.9 Å². The number of aliphatic hydroxyl groups excluding tert-OH is 1. The first kappa shape index (κ1) is 13.7.